The number of nitro groups is 1. The lowest BCUT2D eigenvalue weighted by Gasteiger charge is -2.02. The predicted molar refractivity (Wildman–Crippen MR) is 72.6 cm³/mol. The van der Waals surface area contributed by atoms with Crippen LogP contribution in [0.1, 0.15) is 13.8 Å². The second-order valence-corrected chi connectivity index (χ2v) is 4.50. The van der Waals surface area contributed by atoms with Crippen LogP contribution in [0.3, 0.4) is 0 Å². The molecule has 2 aromatic rings. The lowest BCUT2D eigenvalue weighted by Crippen LogP contribution is -2.23. The van der Waals surface area contributed by atoms with Gasteiger partial charge in [-0.15, -0.1) is 0 Å². The van der Waals surface area contributed by atoms with Gasteiger partial charge in [0.2, 0.25) is 0 Å². The minimum Gasteiger partial charge on any atom is -0.497 e. The maximum absolute atomic E-state index is 11.0. The van der Waals surface area contributed by atoms with E-state index in [9.17, 15) is 15.3 Å². The number of nitrogens with zero attached hydrogens (tertiary/aromatic N) is 5. The topological polar surface area (TPSA) is 108 Å². The van der Waals surface area contributed by atoms with Gasteiger partial charge in [-0.1, -0.05) is 4.85 Å². The molecule has 112 valence electrons. The second kappa shape index (κ2) is 5.65. The summed E-state index contributed by atoms with van der Waals surface area (Å²) >= 11 is 0. The third kappa shape index (κ3) is 2.86. The first-order valence-electron chi connectivity index (χ1n) is 6.18. The Hall–Kier alpha value is -2.84. The maximum atomic E-state index is 11.0. The predicted octanol–water partition coefficient (Wildman–Crippen LogP) is 1.14. The molecule has 0 unspecified atom stereocenters. The molecule has 1 aromatic heterocycles. The van der Waals surface area contributed by atoms with E-state index in [1.165, 1.54) is 7.11 Å². The molecule has 9 nitrogen and oxygen atoms in total. The van der Waals surface area contributed by atoms with Crippen LogP contribution < -0.4 is 10.2 Å². The number of ether oxygens (including phenoxy) is 1. The van der Waals surface area contributed by atoms with Gasteiger partial charge in [-0.25, -0.2) is 0 Å². The van der Waals surface area contributed by atoms with Crippen LogP contribution in [0.4, 0.5) is 5.82 Å². The van der Waals surface area contributed by atoms with Crippen LogP contribution >= 0.6 is 0 Å². The minimum atomic E-state index is -0.687. The van der Waals surface area contributed by atoms with E-state index in [4.69, 9.17) is 4.74 Å². The molecule has 0 bridgehead atoms. The van der Waals surface area contributed by atoms with Crippen LogP contribution in [-0.2, 0) is 0 Å². The van der Waals surface area contributed by atoms with E-state index in [2.05, 4.69) is 10.1 Å². The van der Waals surface area contributed by atoms with Crippen molar-refractivity contribution in [1.29, 1.82) is 0 Å². The molecule has 0 amide bonds. The normalized spacial score (nSPS) is 11.9. The molecule has 21 heavy (non-hydrogen) atoms. The third-order valence-corrected chi connectivity index (χ3v) is 2.62. The van der Waals surface area contributed by atoms with Gasteiger partial charge in [0.05, 0.1) is 12.2 Å². The van der Waals surface area contributed by atoms with Crippen LogP contribution in [0.25, 0.3) is 5.69 Å². The molecule has 0 aliphatic heterocycles. The average Bonchev–Trinajstić information content (AvgIpc) is 2.76. The summed E-state index contributed by atoms with van der Waals surface area (Å²) in [7, 11) is 1.53. The van der Waals surface area contributed by atoms with E-state index in [1.54, 1.807) is 38.1 Å². The monoisotopic (exact) mass is 293 g/mol. The Balaban J connectivity index is 2.62. The van der Waals surface area contributed by atoms with Crippen molar-refractivity contribution in [3.63, 3.8) is 0 Å². The van der Waals surface area contributed by atoms with E-state index < -0.39 is 10.7 Å². The van der Waals surface area contributed by atoms with Crippen molar-refractivity contribution in [2.24, 2.45) is 4.99 Å². The lowest BCUT2D eigenvalue weighted by molar-refractivity contribution is -0.391. The fourth-order valence-corrected chi connectivity index (χ4v) is 1.71. The highest BCUT2D eigenvalue weighted by Crippen LogP contribution is 2.14. The van der Waals surface area contributed by atoms with Crippen molar-refractivity contribution in [3.05, 3.63) is 39.9 Å². The van der Waals surface area contributed by atoms with Gasteiger partial charge in [-0.05, 0) is 47.8 Å². The first-order chi connectivity index (χ1) is 9.93. The highest BCUT2D eigenvalue weighted by molar-refractivity contribution is 5.36. The molecule has 0 fully saturated rings. The molecule has 2 rings (SSSR count). The summed E-state index contributed by atoms with van der Waals surface area (Å²) in [5.41, 5.74) is 0.234. The van der Waals surface area contributed by atoms with Gasteiger partial charge in [0, 0.05) is 6.04 Å². The molecule has 0 atom stereocenters. The van der Waals surface area contributed by atoms with E-state index in [-0.39, 0.29) is 11.5 Å². The Morgan fingerprint density at radius 2 is 2.00 bits per heavy atom. The van der Waals surface area contributed by atoms with Gasteiger partial charge in [0.1, 0.15) is 11.4 Å². The molecule has 0 aliphatic rings. The smallest absolute Gasteiger partial charge is 0.438 e. The zero-order valence-electron chi connectivity index (χ0n) is 11.8. The van der Waals surface area contributed by atoms with Crippen molar-refractivity contribution >= 4 is 5.82 Å². The molecule has 0 spiro atoms. The molecule has 1 N–H and O–H groups in total. The Kier molecular flexibility index (Phi) is 3.92. The van der Waals surface area contributed by atoms with Crippen LogP contribution in [0.15, 0.2) is 29.3 Å². The molecular weight excluding hydrogens is 278 g/mol. The van der Waals surface area contributed by atoms with E-state index >= 15 is 0 Å². The summed E-state index contributed by atoms with van der Waals surface area (Å²) in [5, 5.41) is 24.9. The van der Waals surface area contributed by atoms with Gasteiger partial charge >= 0.3 is 5.82 Å². The molecule has 0 radical (unpaired) electrons. The van der Waals surface area contributed by atoms with E-state index in [1.807, 2.05) is 0 Å². The quantitative estimate of drug-likeness (QED) is 0.516. The molecular formula is C12H15N5O4. The van der Waals surface area contributed by atoms with Crippen molar-refractivity contribution < 1.29 is 14.9 Å². The average molecular weight is 293 g/mol. The summed E-state index contributed by atoms with van der Waals surface area (Å²) in [5.74, 6) is 0.110. The van der Waals surface area contributed by atoms with Crippen LogP contribution in [0.5, 0.6) is 5.75 Å². The zero-order chi connectivity index (χ0) is 15.6. The summed E-state index contributed by atoms with van der Waals surface area (Å²) in [4.78, 5) is 15.9. The van der Waals surface area contributed by atoms with Crippen LogP contribution in [0, 0.1) is 10.1 Å². The Bertz CT molecular complexity index is 714. The number of hydrogen-bond acceptors (Lipinski definition) is 6. The second-order valence-electron chi connectivity index (χ2n) is 4.50. The van der Waals surface area contributed by atoms with E-state index in [0.29, 0.717) is 16.3 Å². The number of aromatic nitrogens is 3. The van der Waals surface area contributed by atoms with Gasteiger partial charge in [-0.3, -0.25) is 4.99 Å². The number of benzene rings is 1. The van der Waals surface area contributed by atoms with Gasteiger partial charge in [0.25, 0.3) is 5.49 Å². The summed E-state index contributed by atoms with van der Waals surface area (Å²) in [6.45, 7) is 3.49. The number of hydrogen-bond donors (Lipinski definition) is 1. The maximum Gasteiger partial charge on any atom is 0.438 e. The number of rotatable bonds is 4. The first kappa shape index (κ1) is 14.6. The van der Waals surface area contributed by atoms with Crippen molar-refractivity contribution in [2.75, 3.05) is 7.11 Å². The summed E-state index contributed by atoms with van der Waals surface area (Å²) < 4.78 is 5.03. The molecule has 0 saturated carbocycles. The summed E-state index contributed by atoms with van der Waals surface area (Å²) in [6.07, 6.45) is 0. The SMILES string of the molecule is COc1ccc(-n2nc([N+](=O)[O-])c(=NC(C)C)n2O)cc1. The van der Waals surface area contributed by atoms with Gasteiger partial charge in [0.15, 0.2) is 0 Å². The van der Waals surface area contributed by atoms with Crippen molar-refractivity contribution in [3.8, 4) is 11.4 Å². The van der Waals surface area contributed by atoms with Crippen molar-refractivity contribution in [1.82, 2.24) is 14.7 Å². The van der Waals surface area contributed by atoms with Crippen LogP contribution in [-0.4, -0.2) is 38.0 Å². The van der Waals surface area contributed by atoms with Gasteiger partial charge in [-0.2, -0.15) is 0 Å². The largest absolute Gasteiger partial charge is 0.497 e. The Morgan fingerprint density at radius 1 is 1.38 bits per heavy atom. The van der Waals surface area contributed by atoms with Crippen molar-refractivity contribution in [2.45, 2.75) is 19.9 Å². The molecule has 9 heteroatoms. The third-order valence-electron chi connectivity index (χ3n) is 2.62. The first-order valence-corrected chi connectivity index (χ1v) is 6.18. The number of methoxy groups -OCH3 is 1. The Labute approximate surface area is 119 Å². The summed E-state index contributed by atoms with van der Waals surface area (Å²) in [6, 6.07) is 6.31. The highest BCUT2D eigenvalue weighted by atomic mass is 16.6. The molecule has 0 saturated heterocycles. The van der Waals surface area contributed by atoms with Gasteiger partial charge < -0.3 is 20.1 Å². The van der Waals surface area contributed by atoms with E-state index in [0.717, 1.165) is 4.80 Å². The molecule has 1 heterocycles. The highest BCUT2D eigenvalue weighted by Gasteiger charge is 2.24. The molecule has 0 aliphatic carbocycles. The lowest BCUT2D eigenvalue weighted by atomic mass is 10.3. The minimum absolute atomic E-state index is 0.203. The standard InChI is InChI=1S/C12H15N5O4/c1-8(2)13-11-12(17(19)20)14-15(16(11)18)9-4-6-10(21-3)7-5-9/h4-8,18H,1-3H3. The zero-order valence-corrected chi connectivity index (χ0v) is 11.8. The van der Waals surface area contributed by atoms with Crippen LogP contribution in [0.2, 0.25) is 0 Å². The fraction of sp³-hybridized carbons (Fsp3) is 0.333. The fourth-order valence-electron chi connectivity index (χ4n) is 1.71. The molecule has 1 aromatic carbocycles. The Morgan fingerprint density at radius 3 is 2.48 bits per heavy atom.